The molecule has 0 heterocycles. The predicted octanol–water partition coefficient (Wildman–Crippen LogP) is 3.68. The van der Waals surface area contributed by atoms with E-state index in [1.807, 2.05) is 0 Å². The second-order valence-electron chi connectivity index (χ2n) is 8.11. The third-order valence-electron chi connectivity index (χ3n) is 5.24. The molecule has 0 unspecified atom stereocenters. The minimum atomic E-state index is -0.653. The molecule has 4 N–H and O–H groups in total. The fourth-order valence-electron chi connectivity index (χ4n) is 3.41. The second kappa shape index (κ2) is 32.7. The number of rotatable bonds is 22. The standard InChI is InChI=1S/C18H36O2.C6H15NO3.Ca.2H/c1-2-3-4-5-6-7-8-9-10-11-12-13-14-15-16-17-18(19)20;8-4-1-7(2-5-9)3-6-10;;;/h2-17H2,1H3,(H,19,20);8-10H,1-6H2;;;. The summed E-state index contributed by atoms with van der Waals surface area (Å²) in [5.74, 6) is -0.653. The maximum absolute atomic E-state index is 10.3. The third kappa shape index (κ3) is 35.3. The summed E-state index contributed by atoms with van der Waals surface area (Å²) < 4.78 is 0. The Balaban J connectivity index is -0.000000604. The van der Waals surface area contributed by atoms with Crippen LogP contribution in [0.4, 0.5) is 0 Å². The number of hydrogen-bond acceptors (Lipinski definition) is 5. The van der Waals surface area contributed by atoms with E-state index in [0.717, 1.165) is 12.8 Å². The van der Waals surface area contributed by atoms with Crippen molar-refractivity contribution in [2.75, 3.05) is 39.5 Å². The number of aliphatic hydroxyl groups is 3. The van der Waals surface area contributed by atoms with Gasteiger partial charge >= 0.3 is 43.7 Å². The molecule has 0 fully saturated rings. The average Bonchev–Trinajstić information content (AvgIpc) is 2.72. The van der Waals surface area contributed by atoms with Crippen molar-refractivity contribution in [3.05, 3.63) is 0 Å². The van der Waals surface area contributed by atoms with Crippen molar-refractivity contribution in [2.24, 2.45) is 0 Å². The van der Waals surface area contributed by atoms with Crippen molar-refractivity contribution in [1.82, 2.24) is 4.90 Å². The van der Waals surface area contributed by atoms with Gasteiger partial charge in [-0.05, 0) is 6.42 Å². The summed E-state index contributed by atoms with van der Waals surface area (Å²) in [5, 5.41) is 34.0. The van der Waals surface area contributed by atoms with Crippen molar-refractivity contribution in [3.8, 4) is 0 Å². The molecule has 0 saturated heterocycles. The van der Waals surface area contributed by atoms with Gasteiger partial charge in [0.15, 0.2) is 0 Å². The summed E-state index contributed by atoms with van der Waals surface area (Å²) in [6.07, 6.45) is 20.2. The van der Waals surface area contributed by atoms with Crippen LogP contribution >= 0.6 is 0 Å². The Morgan fingerprint density at radius 1 is 0.581 bits per heavy atom. The molecule has 0 rings (SSSR count). The number of nitrogens with zero attached hydrogens (tertiary/aromatic N) is 1. The van der Waals surface area contributed by atoms with Gasteiger partial charge in [-0.3, -0.25) is 9.69 Å². The molecule has 0 aliphatic heterocycles. The van der Waals surface area contributed by atoms with E-state index < -0.39 is 5.97 Å². The molecular weight excluding hydrogens is 422 g/mol. The topological polar surface area (TPSA) is 101 Å². The Labute approximate surface area is 221 Å². The van der Waals surface area contributed by atoms with Crippen LogP contribution in [0.3, 0.4) is 0 Å². The van der Waals surface area contributed by atoms with Crippen LogP contribution in [0.1, 0.15) is 110 Å². The predicted molar refractivity (Wildman–Crippen MR) is 133 cm³/mol. The molecule has 31 heavy (non-hydrogen) atoms. The molecule has 0 saturated carbocycles. The van der Waals surface area contributed by atoms with Crippen molar-refractivity contribution >= 4 is 43.7 Å². The van der Waals surface area contributed by atoms with E-state index in [-0.39, 0.29) is 57.6 Å². The fraction of sp³-hybridized carbons (Fsp3) is 0.958. The van der Waals surface area contributed by atoms with E-state index in [1.165, 1.54) is 83.5 Å². The van der Waals surface area contributed by atoms with Crippen molar-refractivity contribution < 1.29 is 25.2 Å². The summed E-state index contributed by atoms with van der Waals surface area (Å²) >= 11 is 0. The third-order valence-corrected chi connectivity index (χ3v) is 5.24. The zero-order valence-corrected chi connectivity index (χ0v) is 19.7. The first-order valence-electron chi connectivity index (χ1n) is 12.4. The van der Waals surface area contributed by atoms with Crippen LogP contribution in [0.2, 0.25) is 0 Å². The van der Waals surface area contributed by atoms with Crippen LogP contribution in [0.15, 0.2) is 0 Å². The molecular formula is C24H53CaNO5. The van der Waals surface area contributed by atoms with Gasteiger partial charge in [0, 0.05) is 26.1 Å². The molecule has 0 aliphatic rings. The van der Waals surface area contributed by atoms with E-state index in [1.54, 1.807) is 4.90 Å². The van der Waals surface area contributed by atoms with Gasteiger partial charge < -0.3 is 20.4 Å². The summed E-state index contributed by atoms with van der Waals surface area (Å²) in [7, 11) is 0. The summed E-state index contributed by atoms with van der Waals surface area (Å²) in [4.78, 5) is 12.1. The van der Waals surface area contributed by atoms with E-state index in [0.29, 0.717) is 26.1 Å². The number of unbranched alkanes of at least 4 members (excludes halogenated alkanes) is 14. The first-order chi connectivity index (χ1) is 14.6. The number of aliphatic carboxylic acids is 1. The van der Waals surface area contributed by atoms with Gasteiger partial charge in [0.1, 0.15) is 0 Å². The van der Waals surface area contributed by atoms with Gasteiger partial charge in [0.2, 0.25) is 0 Å². The molecule has 0 atom stereocenters. The van der Waals surface area contributed by atoms with Crippen molar-refractivity contribution in [3.63, 3.8) is 0 Å². The second-order valence-corrected chi connectivity index (χ2v) is 8.11. The Morgan fingerprint density at radius 3 is 1.13 bits per heavy atom. The average molecular weight is 476 g/mol. The first kappa shape index (κ1) is 36.1. The monoisotopic (exact) mass is 475 g/mol. The zero-order chi connectivity index (χ0) is 22.7. The van der Waals surface area contributed by atoms with Gasteiger partial charge in [0.25, 0.3) is 0 Å². The Kier molecular flexibility index (Phi) is 38.2. The van der Waals surface area contributed by atoms with Gasteiger partial charge in [-0.2, -0.15) is 0 Å². The fourth-order valence-corrected chi connectivity index (χ4v) is 3.41. The molecule has 6 nitrogen and oxygen atoms in total. The van der Waals surface area contributed by atoms with Crippen LogP contribution in [0.5, 0.6) is 0 Å². The molecule has 0 aromatic heterocycles. The van der Waals surface area contributed by atoms with E-state index in [4.69, 9.17) is 20.4 Å². The van der Waals surface area contributed by atoms with Gasteiger partial charge in [-0.1, -0.05) is 96.8 Å². The molecule has 0 aromatic carbocycles. The Morgan fingerprint density at radius 2 is 0.871 bits per heavy atom. The van der Waals surface area contributed by atoms with Crippen LogP contribution < -0.4 is 0 Å². The van der Waals surface area contributed by atoms with Crippen LogP contribution in [0, 0.1) is 0 Å². The molecule has 0 aliphatic carbocycles. The maximum atomic E-state index is 10.3. The van der Waals surface area contributed by atoms with Crippen molar-refractivity contribution in [1.29, 1.82) is 0 Å². The quantitative estimate of drug-likeness (QED) is 0.141. The number of hydrogen-bond donors (Lipinski definition) is 4. The van der Waals surface area contributed by atoms with Crippen molar-refractivity contribution in [2.45, 2.75) is 110 Å². The van der Waals surface area contributed by atoms with E-state index >= 15 is 0 Å². The van der Waals surface area contributed by atoms with Gasteiger partial charge in [-0.15, -0.1) is 0 Å². The molecule has 0 aromatic rings. The number of carbonyl (C=O) groups is 1. The Hall–Kier alpha value is 0.570. The molecule has 0 bridgehead atoms. The molecule has 186 valence electrons. The minimum absolute atomic E-state index is 0. The molecule has 0 radical (unpaired) electrons. The van der Waals surface area contributed by atoms with Crippen LogP contribution in [-0.4, -0.2) is 108 Å². The summed E-state index contributed by atoms with van der Waals surface area (Å²) in [5.41, 5.74) is 0. The molecule has 0 amide bonds. The normalized spacial score (nSPS) is 10.5. The first-order valence-corrected chi connectivity index (χ1v) is 12.4. The molecule has 7 heteroatoms. The van der Waals surface area contributed by atoms with Crippen LogP contribution in [0.25, 0.3) is 0 Å². The van der Waals surface area contributed by atoms with Gasteiger partial charge in [-0.25, -0.2) is 0 Å². The van der Waals surface area contributed by atoms with E-state index in [2.05, 4.69) is 6.92 Å². The molecule has 0 spiro atoms. The van der Waals surface area contributed by atoms with E-state index in [9.17, 15) is 4.79 Å². The SMILES string of the molecule is CCCCCCCCCCCCCCCCCC(=O)O.OCCN(CCO)CCO.[CaH2]. The number of aliphatic hydroxyl groups excluding tert-OH is 3. The van der Waals surface area contributed by atoms with Crippen LogP contribution in [-0.2, 0) is 4.79 Å². The number of carboxylic acids is 1. The zero-order valence-electron chi connectivity index (χ0n) is 19.7. The number of carboxylic acid groups (broad SMARTS) is 1. The Bertz CT molecular complexity index is 321. The summed E-state index contributed by atoms with van der Waals surface area (Å²) in [6.45, 7) is 4.02. The summed E-state index contributed by atoms with van der Waals surface area (Å²) in [6, 6.07) is 0. The van der Waals surface area contributed by atoms with Gasteiger partial charge in [0.05, 0.1) is 19.8 Å².